The van der Waals surface area contributed by atoms with Gasteiger partial charge >= 0.3 is 5.97 Å². The van der Waals surface area contributed by atoms with Crippen LogP contribution in [0.5, 0.6) is 0 Å². The predicted octanol–water partition coefficient (Wildman–Crippen LogP) is 3.22. The number of nitrogens with zero attached hydrogens (tertiary/aromatic N) is 2. The highest BCUT2D eigenvalue weighted by Gasteiger charge is 2.20. The Labute approximate surface area is 140 Å². The molecule has 1 amide bonds. The van der Waals surface area contributed by atoms with Crippen LogP contribution in [-0.4, -0.2) is 41.9 Å². The Hall–Kier alpha value is -2.21. The SMILES string of the molecule is COC(=O)C(Cc1ccc(SC(=O)N(C)C)cc1)n1cccc1. The van der Waals surface area contributed by atoms with Crippen LogP contribution < -0.4 is 0 Å². The molecule has 0 radical (unpaired) electrons. The zero-order valence-electron chi connectivity index (χ0n) is 13.4. The van der Waals surface area contributed by atoms with E-state index in [-0.39, 0.29) is 11.2 Å². The van der Waals surface area contributed by atoms with Gasteiger partial charge in [-0.2, -0.15) is 0 Å². The number of methoxy groups -OCH3 is 1. The van der Waals surface area contributed by atoms with Crippen LogP contribution in [0.1, 0.15) is 11.6 Å². The molecule has 2 rings (SSSR count). The summed E-state index contributed by atoms with van der Waals surface area (Å²) in [4.78, 5) is 26.1. The van der Waals surface area contributed by atoms with E-state index in [4.69, 9.17) is 4.74 Å². The van der Waals surface area contributed by atoms with Gasteiger partial charge in [0.2, 0.25) is 0 Å². The van der Waals surface area contributed by atoms with Crippen LogP contribution in [0.4, 0.5) is 4.79 Å². The fraction of sp³-hybridized carbons (Fsp3) is 0.294. The minimum absolute atomic E-state index is 0.0162. The molecule has 1 aromatic heterocycles. The second kappa shape index (κ2) is 7.87. The van der Waals surface area contributed by atoms with E-state index in [0.29, 0.717) is 6.42 Å². The molecule has 1 aromatic carbocycles. The van der Waals surface area contributed by atoms with E-state index in [0.717, 1.165) is 10.5 Å². The fourth-order valence-electron chi connectivity index (χ4n) is 2.11. The van der Waals surface area contributed by atoms with E-state index in [9.17, 15) is 9.59 Å². The van der Waals surface area contributed by atoms with Gasteiger partial charge in [-0.05, 0) is 41.6 Å². The number of aromatic nitrogens is 1. The van der Waals surface area contributed by atoms with Crippen molar-refractivity contribution >= 4 is 23.0 Å². The lowest BCUT2D eigenvalue weighted by molar-refractivity contribution is -0.144. The van der Waals surface area contributed by atoms with Crippen molar-refractivity contribution in [2.75, 3.05) is 21.2 Å². The van der Waals surface area contributed by atoms with Gasteiger partial charge in [-0.25, -0.2) is 4.79 Å². The molecule has 23 heavy (non-hydrogen) atoms. The van der Waals surface area contributed by atoms with Gasteiger partial charge in [0.15, 0.2) is 0 Å². The summed E-state index contributed by atoms with van der Waals surface area (Å²) >= 11 is 1.18. The van der Waals surface area contributed by atoms with Gasteiger partial charge in [0.25, 0.3) is 5.24 Å². The molecule has 122 valence electrons. The first-order valence-electron chi connectivity index (χ1n) is 7.19. The Kier molecular flexibility index (Phi) is 5.87. The van der Waals surface area contributed by atoms with Crippen molar-refractivity contribution in [2.45, 2.75) is 17.4 Å². The van der Waals surface area contributed by atoms with Crippen molar-refractivity contribution in [3.63, 3.8) is 0 Å². The maximum absolute atomic E-state index is 12.0. The zero-order chi connectivity index (χ0) is 16.8. The number of rotatable bonds is 5. The van der Waals surface area contributed by atoms with Crippen LogP contribution in [0.2, 0.25) is 0 Å². The zero-order valence-corrected chi connectivity index (χ0v) is 14.2. The smallest absolute Gasteiger partial charge is 0.329 e. The summed E-state index contributed by atoms with van der Waals surface area (Å²) in [6.45, 7) is 0. The standard InChI is InChI=1S/C17H20N2O3S/c1-18(2)17(21)23-14-8-6-13(7-9-14)12-15(16(20)22-3)19-10-4-5-11-19/h4-11,15H,12H2,1-3H3. The number of benzene rings is 1. The predicted molar refractivity (Wildman–Crippen MR) is 90.6 cm³/mol. The lowest BCUT2D eigenvalue weighted by Crippen LogP contribution is -2.22. The minimum Gasteiger partial charge on any atom is -0.467 e. The van der Waals surface area contributed by atoms with E-state index in [2.05, 4.69) is 0 Å². The second-order valence-corrected chi connectivity index (χ2v) is 6.30. The van der Waals surface area contributed by atoms with E-state index >= 15 is 0 Å². The lowest BCUT2D eigenvalue weighted by Gasteiger charge is -2.17. The number of hydrogen-bond donors (Lipinski definition) is 0. The number of hydrogen-bond acceptors (Lipinski definition) is 4. The van der Waals surface area contributed by atoms with Gasteiger partial charge in [0.05, 0.1) is 7.11 Å². The van der Waals surface area contributed by atoms with E-state index in [1.807, 2.05) is 53.4 Å². The molecule has 0 N–H and O–H groups in total. The number of esters is 1. The molecule has 6 heteroatoms. The number of thioether (sulfide) groups is 1. The molecule has 0 aliphatic rings. The van der Waals surface area contributed by atoms with Gasteiger partial charge in [0.1, 0.15) is 6.04 Å². The summed E-state index contributed by atoms with van der Waals surface area (Å²) in [6, 6.07) is 11.0. The highest BCUT2D eigenvalue weighted by molar-refractivity contribution is 8.13. The Balaban J connectivity index is 2.09. The average Bonchev–Trinajstić information content (AvgIpc) is 3.07. The minimum atomic E-state index is -0.392. The summed E-state index contributed by atoms with van der Waals surface area (Å²) in [5, 5.41) is -0.0162. The van der Waals surface area contributed by atoms with E-state index in [1.54, 1.807) is 14.1 Å². The van der Waals surface area contributed by atoms with Crippen molar-refractivity contribution in [2.24, 2.45) is 0 Å². The Bertz CT molecular complexity index is 651. The fourth-order valence-corrected chi connectivity index (χ4v) is 2.77. The normalized spacial score (nSPS) is 11.8. The Morgan fingerprint density at radius 2 is 1.78 bits per heavy atom. The van der Waals surface area contributed by atoms with Crippen molar-refractivity contribution in [1.29, 1.82) is 0 Å². The van der Waals surface area contributed by atoms with Gasteiger partial charge in [-0.3, -0.25) is 4.79 Å². The molecule has 0 aliphatic heterocycles. The number of amides is 1. The first-order valence-corrected chi connectivity index (χ1v) is 8.01. The second-order valence-electron chi connectivity index (χ2n) is 5.28. The number of ether oxygens (including phenoxy) is 1. The molecule has 0 saturated carbocycles. The Morgan fingerprint density at radius 3 is 2.30 bits per heavy atom. The molecule has 2 aromatic rings. The van der Waals surface area contributed by atoms with Crippen LogP contribution in [0, 0.1) is 0 Å². The molecule has 0 spiro atoms. The first kappa shape index (κ1) is 17.1. The molecule has 0 aliphatic carbocycles. The highest BCUT2D eigenvalue weighted by Crippen LogP contribution is 2.23. The molecule has 1 atom stereocenters. The van der Waals surface area contributed by atoms with Crippen LogP contribution in [0.15, 0.2) is 53.7 Å². The van der Waals surface area contributed by atoms with Crippen LogP contribution >= 0.6 is 11.8 Å². The molecule has 1 unspecified atom stereocenters. The van der Waals surface area contributed by atoms with Crippen molar-refractivity contribution < 1.29 is 14.3 Å². The van der Waals surface area contributed by atoms with Crippen LogP contribution in [-0.2, 0) is 16.0 Å². The molecule has 0 fully saturated rings. The summed E-state index contributed by atoms with van der Waals surface area (Å²) in [5.41, 5.74) is 1.01. The van der Waals surface area contributed by atoms with Gasteiger partial charge in [0, 0.05) is 37.8 Å². The molecule has 0 saturated heterocycles. The van der Waals surface area contributed by atoms with Crippen molar-refractivity contribution in [3.8, 4) is 0 Å². The maximum atomic E-state index is 12.0. The third-order valence-corrected chi connectivity index (χ3v) is 4.43. The third-order valence-electron chi connectivity index (χ3n) is 3.38. The highest BCUT2D eigenvalue weighted by atomic mass is 32.2. The number of carbonyl (C=O) groups excluding carboxylic acids is 2. The largest absolute Gasteiger partial charge is 0.467 e. The van der Waals surface area contributed by atoms with Gasteiger partial charge in [-0.15, -0.1) is 0 Å². The van der Waals surface area contributed by atoms with Gasteiger partial charge in [-0.1, -0.05) is 12.1 Å². The first-order chi connectivity index (χ1) is 11.0. The van der Waals surface area contributed by atoms with Crippen molar-refractivity contribution in [3.05, 3.63) is 54.4 Å². The maximum Gasteiger partial charge on any atom is 0.329 e. The molecule has 0 bridgehead atoms. The van der Waals surface area contributed by atoms with Gasteiger partial charge < -0.3 is 14.2 Å². The summed E-state index contributed by atoms with van der Waals surface area (Å²) in [5.74, 6) is -0.276. The quantitative estimate of drug-likeness (QED) is 0.623. The van der Waals surface area contributed by atoms with Crippen molar-refractivity contribution in [1.82, 2.24) is 9.47 Å². The average molecular weight is 332 g/mol. The van der Waals surface area contributed by atoms with E-state index in [1.165, 1.54) is 23.8 Å². The topological polar surface area (TPSA) is 51.5 Å². The van der Waals surface area contributed by atoms with Crippen LogP contribution in [0.3, 0.4) is 0 Å². The summed E-state index contributed by atoms with van der Waals surface area (Å²) < 4.78 is 6.73. The third kappa shape index (κ3) is 4.63. The Morgan fingerprint density at radius 1 is 1.17 bits per heavy atom. The van der Waals surface area contributed by atoms with Crippen LogP contribution in [0.25, 0.3) is 0 Å². The molecule has 5 nitrogen and oxygen atoms in total. The molecule has 1 heterocycles. The lowest BCUT2D eigenvalue weighted by atomic mass is 10.1. The summed E-state index contributed by atoms with van der Waals surface area (Å²) in [6.07, 6.45) is 4.23. The molecular weight excluding hydrogens is 312 g/mol. The number of carbonyl (C=O) groups is 2. The van der Waals surface area contributed by atoms with E-state index < -0.39 is 6.04 Å². The molecular formula is C17H20N2O3S. The monoisotopic (exact) mass is 332 g/mol. The summed E-state index contributed by atoms with van der Waals surface area (Å²) in [7, 11) is 4.84.